The first-order chi connectivity index (χ1) is 11.0. The third-order valence-electron chi connectivity index (χ3n) is 3.03. The summed E-state index contributed by atoms with van der Waals surface area (Å²) in [5.74, 6) is -3.58. The summed E-state index contributed by atoms with van der Waals surface area (Å²) in [6.07, 6.45) is -1.23. The predicted molar refractivity (Wildman–Crippen MR) is 88.3 cm³/mol. The first-order valence-electron chi connectivity index (χ1n) is 7.19. The second-order valence-corrected chi connectivity index (χ2v) is 5.69. The van der Waals surface area contributed by atoms with Gasteiger partial charge in [0.1, 0.15) is 18.1 Å². The van der Waals surface area contributed by atoms with Gasteiger partial charge in [-0.25, -0.2) is 4.79 Å². The minimum atomic E-state index is -1.31. The number of carboxylic acid groups (broad SMARTS) is 1. The largest absolute Gasteiger partial charge is 0.480 e. The minimum absolute atomic E-state index is 0.123. The maximum Gasteiger partial charge on any atom is 0.327 e. The number of carbonyl (C=O) groups is 4. The lowest BCUT2D eigenvalue weighted by atomic mass is 10.1. The lowest BCUT2D eigenvalue weighted by Crippen LogP contribution is -2.59. The van der Waals surface area contributed by atoms with Gasteiger partial charge in [0.15, 0.2) is 0 Å². The first kappa shape index (κ1) is 22.1. The number of rotatable bonds is 9. The van der Waals surface area contributed by atoms with Crippen LogP contribution in [0.4, 0.5) is 0 Å². The van der Waals surface area contributed by atoms with Crippen molar-refractivity contribution in [3.63, 3.8) is 0 Å². The molecule has 24 heavy (non-hydrogen) atoms. The van der Waals surface area contributed by atoms with Crippen molar-refractivity contribution >= 4 is 36.3 Å². The smallest absolute Gasteiger partial charge is 0.327 e. The highest BCUT2D eigenvalue weighted by Gasteiger charge is 2.29. The average Bonchev–Trinajstić information content (AvgIpc) is 2.48. The SMILES string of the molecule is CC(N)C(=O)NC(C(=O)NC(C)C(=O)NC(CS)C(=O)O)C(C)O. The van der Waals surface area contributed by atoms with Crippen LogP contribution in [0.5, 0.6) is 0 Å². The van der Waals surface area contributed by atoms with Crippen molar-refractivity contribution in [3.05, 3.63) is 0 Å². The van der Waals surface area contributed by atoms with Crippen LogP contribution in [-0.4, -0.2) is 69.9 Å². The van der Waals surface area contributed by atoms with Crippen LogP contribution in [0, 0.1) is 0 Å². The van der Waals surface area contributed by atoms with E-state index in [1.54, 1.807) is 0 Å². The predicted octanol–water partition coefficient (Wildman–Crippen LogP) is -2.80. The van der Waals surface area contributed by atoms with Crippen molar-refractivity contribution in [1.82, 2.24) is 16.0 Å². The van der Waals surface area contributed by atoms with Gasteiger partial charge >= 0.3 is 5.97 Å². The van der Waals surface area contributed by atoms with Crippen LogP contribution in [0.1, 0.15) is 20.8 Å². The summed E-state index contributed by atoms with van der Waals surface area (Å²) in [5.41, 5.74) is 5.38. The highest BCUT2D eigenvalue weighted by atomic mass is 32.1. The zero-order chi connectivity index (χ0) is 19.0. The Morgan fingerprint density at radius 2 is 1.54 bits per heavy atom. The molecule has 0 aliphatic rings. The standard InChI is InChI=1S/C13H24N4O6S/c1-5(14)10(19)17-9(7(3)18)12(21)15-6(2)11(20)16-8(4-24)13(22)23/h5-9,18,24H,4,14H2,1-3H3,(H,15,21)(H,16,20)(H,17,19)(H,22,23). The van der Waals surface area contributed by atoms with E-state index in [1.165, 1.54) is 20.8 Å². The van der Waals surface area contributed by atoms with Crippen LogP contribution in [0.3, 0.4) is 0 Å². The number of aliphatic hydroxyl groups is 1. The van der Waals surface area contributed by atoms with Gasteiger partial charge in [-0.15, -0.1) is 0 Å². The Balaban J connectivity index is 4.82. The van der Waals surface area contributed by atoms with Gasteiger partial charge in [-0.2, -0.15) is 12.6 Å². The van der Waals surface area contributed by atoms with E-state index in [0.717, 1.165) is 0 Å². The number of nitrogens with one attached hydrogen (secondary N) is 3. The molecule has 0 bridgehead atoms. The normalized spacial score (nSPS) is 16.9. The van der Waals surface area contributed by atoms with Crippen LogP contribution >= 0.6 is 12.6 Å². The summed E-state index contributed by atoms with van der Waals surface area (Å²) in [5, 5.41) is 25.2. The van der Waals surface area contributed by atoms with Crippen molar-refractivity contribution in [2.24, 2.45) is 5.73 Å². The molecule has 0 spiro atoms. The number of carbonyl (C=O) groups excluding carboxylic acids is 3. The van der Waals surface area contributed by atoms with Crippen LogP contribution in [0.2, 0.25) is 0 Å². The average molecular weight is 364 g/mol. The summed E-state index contributed by atoms with van der Waals surface area (Å²) in [4.78, 5) is 46.4. The van der Waals surface area contributed by atoms with Crippen molar-refractivity contribution in [2.75, 3.05) is 5.75 Å². The van der Waals surface area contributed by atoms with Crippen LogP contribution < -0.4 is 21.7 Å². The Hall–Kier alpha value is -1.85. The summed E-state index contributed by atoms with van der Waals surface area (Å²) >= 11 is 3.81. The molecule has 10 nitrogen and oxygen atoms in total. The Labute approximate surface area is 144 Å². The number of thiol groups is 1. The van der Waals surface area contributed by atoms with Crippen molar-refractivity contribution in [1.29, 1.82) is 0 Å². The molecule has 0 aromatic heterocycles. The molecular formula is C13H24N4O6S. The fraction of sp³-hybridized carbons (Fsp3) is 0.692. The highest BCUT2D eigenvalue weighted by molar-refractivity contribution is 7.80. The molecule has 0 heterocycles. The van der Waals surface area contributed by atoms with E-state index in [-0.39, 0.29) is 5.75 Å². The number of amides is 3. The van der Waals surface area contributed by atoms with Gasteiger partial charge in [-0.05, 0) is 20.8 Å². The van der Waals surface area contributed by atoms with Gasteiger partial charge in [-0.1, -0.05) is 0 Å². The van der Waals surface area contributed by atoms with Gasteiger partial charge in [-0.3, -0.25) is 14.4 Å². The molecule has 0 saturated carbocycles. The zero-order valence-electron chi connectivity index (χ0n) is 13.6. The number of aliphatic carboxylic acids is 1. The molecule has 0 aliphatic heterocycles. The molecule has 7 N–H and O–H groups in total. The van der Waals surface area contributed by atoms with Crippen LogP contribution in [-0.2, 0) is 19.2 Å². The third kappa shape index (κ3) is 7.15. The Morgan fingerprint density at radius 3 is 1.92 bits per heavy atom. The maximum absolute atomic E-state index is 12.1. The maximum atomic E-state index is 12.1. The quantitative estimate of drug-likeness (QED) is 0.217. The molecule has 3 amide bonds. The van der Waals surface area contributed by atoms with Gasteiger partial charge < -0.3 is 31.9 Å². The van der Waals surface area contributed by atoms with Crippen LogP contribution in [0.15, 0.2) is 0 Å². The van der Waals surface area contributed by atoms with Gasteiger partial charge in [0.05, 0.1) is 12.1 Å². The molecule has 0 fully saturated rings. The van der Waals surface area contributed by atoms with Crippen molar-refractivity contribution in [2.45, 2.75) is 51.0 Å². The molecule has 11 heteroatoms. The van der Waals surface area contributed by atoms with E-state index in [0.29, 0.717) is 0 Å². The second kappa shape index (κ2) is 10.1. The number of aliphatic hydroxyl groups excluding tert-OH is 1. The molecule has 0 saturated heterocycles. The lowest BCUT2D eigenvalue weighted by Gasteiger charge is -2.24. The summed E-state index contributed by atoms with van der Waals surface area (Å²) < 4.78 is 0. The molecular weight excluding hydrogens is 340 g/mol. The zero-order valence-corrected chi connectivity index (χ0v) is 14.5. The second-order valence-electron chi connectivity index (χ2n) is 5.33. The monoisotopic (exact) mass is 364 g/mol. The summed E-state index contributed by atoms with van der Waals surface area (Å²) in [7, 11) is 0. The topological polar surface area (TPSA) is 171 Å². The van der Waals surface area contributed by atoms with Gasteiger partial charge in [0, 0.05) is 5.75 Å². The molecule has 0 rings (SSSR count). The Morgan fingerprint density at radius 1 is 1.00 bits per heavy atom. The summed E-state index contributed by atoms with van der Waals surface area (Å²) in [6, 6.07) is -4.48. The fourth-order valence-corrected chi connectivity index (χ4v) is 1.79. The molecule has 0 radical (unpaired) electrons. The van der Waals surface area contributed by atoms with E-state index in [4.69, 9.17) is 10.8 Å². The Kier molecular flexibility index (Phi) is 9.33. The number of hydrogen-bond donors (Lipinski definition) is 7. The van der Waals surface area contributed by atoms with E-state index in [1.807, 2.05) is 0 Å². The highest BCUT2D eigenvalue weighted by Crippen LogP contribution is 1.97. The van der Waals surface area contributed by atoms with Crippen molar-refractivity contribution < 1.29 is 29.4 Å². The van der Waals surface area contributed by atoms with Gasteiger partial charge in [0.2, 0.25) is 17.7 Å². The lowest BCUT2D eigenvalue weighted by molar-refractivity contribution is -0.141. The Bertz CT molecular complexity index is 485. The minimum Gasteiger partial charge on any atom is -0.480 e. The van der Waals surface area contributed by atoms with Gasteiger partial charge in [0.25, 0.3) is 0 Å². The van der Waals surface area contributed by atoms with E-state index in [2.05, 4.69) is 28.6 Å². The fourth-order valence-electron chi connectivity index (χ4n) is 1.54. The van der Waals surface area contributed by atoms with E-state index < -0.39 is 54.0 Å². The number of carboxylic acids is 1. The molecule has 5 unspecified atom stereocenters. The molecule has 5 atom stereocenters. The molecule has 0 aromatic rings. The first-order valence-corrected chi connectivity index (χ1v) is 7.82. The molecule has 0 aliphatic carbocycles. The van der Waals surface area contributed by atoms with Crippen molar-refractivity contribution in [3.8, 4) is 0 Å². The molecule has 0 aromatic carbocycles. The summed E-state index contributed by atoms with van der Waals surface area (Å²) in [6.45, 7) is 4.03. The third-order valence-corrected chi connectivity index (χ3v) is 3.39. The molecule has 138 valence electrons. The van der Waals surface area contributed by atoms with Crippen LogP contribution in [0.25, 0.3) is 0 Å². The number of hydrogen-bond acceptors (Lipinski definition) is 7. The number of nitrogens with two attached hydrogens (primary N) is 1. The van der Waals surface area contributed by atoms with E-state index in [9.17, 15) is 24.3 Å². The van der Waals surface area contributed by atoms with E-state index >= 15 is 0 Å².